The molecule has 0 aromatic heterocycles. The molecular formula is C13H11BrClN3O. The van der Waals surface area contributed by atoms with Crippen LogP contribution in [0.4, 0.5) is 17.1 Å². The molecule has 0 aliphatic rings. The second-order valence-electron chi connectivity index (χ2n) is 3.90. The summed E-state index contributed by atoms with van der Waals surface area (Å²) >= 11 is 9.39. The molecule has 2 aromatic rings. The number of carbonyl (C=O) groups excluding carboxylic acids is 1. The highest BCUT2D eigenvalue weighted by atomic mass is 79.9. The van der Waals surface area contributed by atoms with Crippen molar-refractivity contribution >= 4 is 50.5 Å². The minimum atomic E-state index is -0.527. The molecule has 6 heteroatoms. The molecule has 19 heavy (non-hydrogen) atoms. The van der Waals surface area contributed by atoms with Gasteiger partial charge in [-0.25, -0.2) is 0 Å². The van der Waals surface area contributed by atoms with Crippen LogP contribution in [-0.4, -0.2) is 5.91 Å². The van der Waals surface area contributed by atoms with E-state index in [0.717, 1.165) is 5.69 Å². The molecule has 5 N–H and O–H groups in total. The van der Waals surface area contributed by atoms with Crippen molar-refractivity contribution in [3.05, 3.63) is 51.5 Å². The highest BCUT2D eigenvalue weighted by Gasteiger charge is 2.11. The van der Waals surface area contributed by atoms with Crippen LogP contribution in [-0.2, 0) is 0 Å². The molecular weight excluding hydrogens is 330 g/mol. The first kappa shape index (κ1) is 13.7. The van der Waals surface area contributed by atoms with Gasteiger partial charge in [0.05, 0.1) is 26.4 Å². The first-order valence-corrected chi connectivity index (χ1v) is 6.56. The lowest BCUT2D eigenvalue weighted by Crippen LogP contribution is -2.13. The molecule has 98 valence electrons. The number of hydrogen-bond acceptors (Lipinski definition) is 3. The smallest absolute Gasteiger partial charge is 0.250 e. The summed E-state index contributed by atoms with van der Waals surface area (Å²) in [7, 11) is 0. The van der Waals surface area contributed by atoms with Crippen LogP contribution >= 0.6 is 27.5 Å². The normalized spacial score (nSPS) is 10.2. The van der Waals surface area contributed by atoms with E-state index in [1.165, 1.54) is 0 Å². The molecule has 0 bridgehead atoms. The Morgan fingerprint density at radius 3 is 2.63 bits per heavy atom. The lowest BCUT2D eigenvalue weighted by Gasteiger charge is -2.13. The van der Waals surface area contributed by atoms with E-state index >= 15 is 0 Å². The summed E-state index contributed by atoms with van der Waals surface area (Å²) in [5.74, 6) is -0.527. The van der Waals surface area contributed by atoms with Crippen LogP contribution < -0.4 is 16.8 Å². The third-order valence-corrected chi connectivity index (χ3v) is 3.93. The van der Waals surface area contributed by atoms with Crippen LogP contribution in [0.2, 0.25) is 5.02 Å². The SMILES string of the molecule is NC(=O)c1ccc(N)cc1Nc1cccc(Cl)c1Br. The lowest BCUT2D eigenvalue weighted by atomic mass is 10.1. The van der Waals surface area contributed by atoms with E-state index in [-0.39, 0.29) is 0 Å². The van der Waals surface area contributed by atoms with Crippen molar-refractivity contribution in [2.45, 2.75) is 0 Å². The summed E-state index contributed by atoms with van der Waals surface area (Å²) in [6.07, 6.45) is 0. The standard InChI is InChI=1S/C13H11BrClN3O/c14-12-9(15)2-1-3-10(12)18-11-6-7(16)4-5-8(11)13(17)19/h1-6,18H,16H2,(H2,17,19). The molecule has 0 aliphatic heterocycles. The van der Waals surface area contributed by atoms with Gasteiger partial charge < -0.3 is 16.8 Å². The summed E-state index contributed by atoms with van der Waals surface area (Å²) in [5.41, 5.74) is 13.2. The number of rotatable bonds is 3. The maximum Gasteiger partial charge on any atom is 0.250 e. The van der Waals surface area contributed by atoms with Gasteiger partial charge in [0.2, 0.25) is 0 Å². The molecule has 0 unspecified atom stereocenters. The monoisotopic (exact) mass is 339 g/mol. The van der Waals surface area contributed by atoms with Crippen LogP contribution in [0.3, 0.4) is 0 Å². The van der Waals surface area contributed by atoms with Gasteiger partial charge in [0.1, 0.15) is 0 Å². The van der Waals surface area contributed by atoms with Gasteiger partial charge >= 0.3 is 0 Å². The largest absolute Gasteiger partial charge is 0.399 e. The number of anilines is 3. The number of carbonyl (C=O) groups is 1. The van der Waals surface area contributed by atoms with Crippen molar-refractivity contribution in [1.29, 1.82) is 0 Å². The predicted octanol–water partition coefficient (Wildman–Crippen LogP) is 3.53. The predicted molar refractivity (Wildman–Crippen MR) is 81.8 cm³/mol. The van der Waals surface area contributed by atoms with Gasteiger partial charge in [-0.15, -0.1) is 0 Å². The fourth-order valence-electron chi connectivity index (χ4n) is 1.63. The first-order chi connectivity index (χ1) is 8.99. The van der Waals surface area contributed by atoms with Crippen LogP contribution in [0.5, 0.6) is 0 Å². The first-order valence-electron chi connectivity index (χ1n) is 5.39. The lowest BCUT2D eigenvalue weighted by molar-refractivity contribution is 0.100. The molecule has 0 heterocycles. The zero-order valence-corrected chi connectivity index (χ0v) is 12.1. The Labute approximate surface area is 123 Å². The van der Waals surface area contributed by atoms with Crippen molar-refractivity contribution in [3.8, 4) is 0 Å². The Kier molecular flexibility index (Phi) is 3.97. The van der Waals surface area contributed by atoms with Crippen molar-refractivity contribution in [1.82, 2.24) is 0 Å². The Balaban J connectivity index is 2.45. The van der Waals surface area contributed by atoms with Gasteiger partial charge in [0.15, 0.2) is 0 Å². The zero-order chi connectivity index (χ0) is 14.0. The summed E-state index contributed by atoms with van der Waals surface area (Å²) in [4.78, 5) is 11.4. The van der Waals surface area contributed by atoms with Gasteiger partial charge in [-0.05, 0) is 46.3 Å². The Bertz CT molecular complexity index is 646. The molecule has 1 amide bonds. The van der Waals surface area contributed by atoms with E-state index in [9.17, 15) is 4.79 Å². The van der Waals surface area contributed by atoms with Crippen molar-refractivity contribution in [2.24, 2.45) is 5.73 Å². The second kappa shape index (κ2) is 5.50. The molecule has 0 atom stereocenters. The maximum absolute atomic E-state index is 11.4. The second-order valence-corrected chi connectivity index (χ2v) is 5.10. The van der Waals surface area contributed by atoms with Crippen molar-refractivity contribution in [3.63, 3.8) is 0 Å². The number of nitrogen functional groups attached to an aromatic ring is 1. The number of nitrogens with one attached hydrogen (secondary N) is 1. The van der Waals surface area contributed by atoms with Crippen molar-refractivity contribution < 1.29 is 4.79 Å². The Hall–Kier alpha value is -1.72. The van der Waals surface area contributed by atoms with E-state index in [4.69, 9.17) is 23.1 Å². The van der Waals surface area contributed by atoms with Crippen LogP contribution in [0.15, 0.2) is 40.9 Å². The van der Waals surface area contributed by atoms with Gasteiger partial charge in [-0.2, -0.15) is 0 Å². The van der Waals surface area contributed by atoms with Crippen LogP contribution in [0.25, 0.3) is 0 Å². The number of halogens is 2. The van der Waals surface area contributed by atoms with Gasteiger partial charge in [0, 0.05) is 5.69 Å². The summed E-state index contributed by atoms with van der Waals surface area (Å²) < 4.78 is 0.703. The third-order valence-electron chi connectivity index (χ3n) is 2.53. The highest BCUT2D eigenvalue weighted by Crippen LogP contribution is 2.33. The van der Waals surface area contributed by atoms with Gasteiger partial charge in [0.25, 0.3) is 5.91 Å². The summed E-state index contributed by atoms with van der Waals surface area (Å²) in [6.45, 7) is 0. The van der Waals surface area contributed by atoms with Gasteiger partial charge in [-0.3, -0.25) is 4.79 Å². The summed E-state index contributed by atoms with van der Waals surface area (Å²) in [5, 5.41) is 3.66. The molecule has 0 fully saturated rings. The van der Waals surface area contributed by atoms with Crippen LogP contribution in [0.1, 0.15) is 10.4 Å². The van der Waals surface area contributed by atoms with E-state index < -0.39 is 5.91 Å². The number of hydrogen-bond donors (Lipinski definition) is 3. The average molecular weight is 341 g/mol. The molecule has 0 radical (unpaired) electrons. The summed E-state index contributed by atoms with van der Waals surface area (Å²) in [6, 6.07) is 10.2. The van der Waals surface area contributed by atoms with E-state index in [2.05, 4.69) is 21.2 Å². The molecule has 0 aliphatic carbocycles. The average Bonchev–Trinajstić information content (AvgIpc) is 2.35. The number of nitrogens with two attached hydrogens (primary N) is 2. The molecule has 4 nitrogen and oxygen atoms in total. The van der Waals surface area contributed by atoms with Crippen LogP contribution in [0, 0.1) is 0 Å². The molecule has 2 aromatic carbocycles. The highest BCUT2D eigenvalue weighted by molar-refractivity contribution is 9.10. The quantitative estimate of drug-likeness (QED) is 0.748. The van der Waals surface area contributed by atoms with E-state index in [1.54, 1.807) is 30.3 Å². The molecule has 0 saturated heterocycles. The number of primary amides is 1. The fraction of sp³-hybridized carbons (Fsp3) is 0. The van der Waals surface area contributed by atoms with E-state index in [0.29, 0.717) is 26.4 Å². The van der Waals surface area contributed by atoms with Gasteiger partial charge in [-0.1, -0.05) is 17.7 Å². The molecule has 0 saturated carbocycles. The van der Waals surface area contributed by atoms with E-state index in [1.807, 2.05) is 6.07 Å². The Morgan fingerprint density at radius 1 is 1.21 bits per heavy atom. The topological polar surface area (TPSA) is 81.1 Å². The number of benzene rings is 2. The third kappa shape index (κ3) is 3.00. The Morgan fingerprint density at radius 2 is 1.95 bits per heavy atom. The maximum atomic E-state index is 11.4. The minimum absolute atomic E-state index is 0.362. The molecule has 0 spiro atoms. The zero-order valence-electron chi connectivity index (χ0n) is 9.78. The number of amides is 1. The van der Waals surface area contributed by atoms with Crippen molar-refractivity contribution in [2.75, 3.05) is 11.1 Å². The fourth-order valence-corrected chi connectivity index (χ4v) is 2.16. The minimum Gasteiger partial charge on any atom is -0.399 e. The molecule has 2 rings (SSSR count).